The van der Waals surface area contributed by atoms with Crippen molar-refractivity contribution in [2.24, 2.45) is 11.7 Å². The van der Waals surface area contributed by atoms with E-state index in [9.17, 15) is 9.18 Å². The SMILES string of the molecule is C[C@@H](NC(=O)C1CCCC1N)c1ccccc1F. The van der Waals surface area contributed by atoms with Crippen molar-refractivity contribution >= 4 is 5.91 Å². The molecule has 18 heavy (non-hydrogen) atoms. The van der Waals surface area contributed by atoms with E-state index < -0.39 is 0 Å². The molecule has 0 heterocycles. The molecule has 0 spiro atoms. The predicted octanol–water partition coefficient (Wildman–Crippen LogP) is 2.13. The molecule has 4 heteroatoms. The molecule has 1 saturated carbocycles. The number of halogens is 1. The summed E-state index contributed by atoms with van der Waals surface area (Å²) in [5.41, 5.74) is 6.40. The highest BCUT2D eigenvalue weighted by molar-refractivity contribution is 5.80. The van der Waals surface area contributed by atoms with Crippen molar-refractivity contribution in [1.82, 2.24) is 5.32 Å². The van der Waals surface area contributed by atoms with Gasteiger partial charge in [-0.25, -0.2) is 4.39 Å². The smallest absolute Gasteiger partial charge is 0.225 e. The molecule has 0 radical (unpaired) electrons. The topological polar surface area (TPSA) is 55.1 Å². The molecule has 3 N–H and O–H groups in total. The number of hydrogen-bond donors (Lipinski definition) is 2. The monoisotopic (exact) mass is 250 g/mol. The molecule has 2 unspecified atom stereocenters. The lowest BCUT2D eigenvalue weighted by Crippen LogP contribution is -2.39. The van der Waals surface area contributed by atoms with E-state index in [2.05, 4.69) is 5.32 Å². The zero-order valence-electron chi connectivity index (χ0n) is 10.5. The minimum atomic E-state index is -0.327. The Labute approximate surface area is 107 Å². The van der Waals surface area contributed by atoms with Gasteiger partial charge in [0.15, 0.2) is 0 Å². The van der Waals surface area contributed by atoms with Crippen LogP contribution in [0.25, 0.3) is 0 Å². The van der Waals surface area contributed by atoms with Crippen LogP contribution in [0.15, 0.2) is 24.3 Å². The van der Waals surface area contributed by atoms with Gasteiger partial charge in [0.1, 0.15) is 5.82 Å². The molecule has 3 atom stereocenters. The number of benzene rings is 1. The molecule has 3 nitrogen and oxygen atoms in total. The predicted molar refractivity (Wildman–Crippen MR) is 68.3 cm³/mol. The van der Waals surface area contributed by atoms with E-state index in [1.54, 1.807) is 25.1 Å². The number of amides is 1. The van der Waals surface area contributed by atoms with E-state index in [4.69, 9.17) is 5.73 Å². The average molecular weight is 250 g/mol. The third kappa shape index (κ3) is 2.70. The second kappa shape index (κ2) is 5.48. The number of carbonyl (C=O) groups is 1. The van der Waals surface area contributed by atoms with Crippen LogP contribution in [0.3, 0.4) is 0 Å². The van der Waals surface area contributed by atoms with Crippen molar-refractivity contribution in [2.45, 2.75) is 38.3 Å². The van der Waals surface area contributed by atoms with E-state index in [0.717, 1.165) is 19.3 Å². The summed E-state index contributed by atoms with van der Waals surface area (Å²) in [5, 5.41) is 2.85. The van der Waals surface area contributed by atoms with Crippen LogP contribution in [0.2, 0.25) is 0 Å². The minimum Gasteiger partial charge on any atom is -0.349 e. The lowest BCUT2D eigenvalue weighted by molar-refractivity contribution is -0.125. The number of carbonyl (C=O) groups excluding carboxylic acids is 1. The summed E-state index contributed by atoms with van der Waals surface area (Å²) in [6.45, 7) is 1.79. The van der Waals surface area contributed by atoms with Crippen LogP contribution >= 0.6 is 0 Å². The van der Waals surface area contributed by atoms with Gasteiger partial charge < -0.3 is 11.1 Å². The molecule has 1 aliphatic rings. The van der Waals surface area contributed by atoms with E-state index in [1.807, 2.05) is 0 Å². The molecule has 1 aliphatic carbocycles. The maximum absolute atomic E-state index is 13.6. The summed E-state index contributed by atoms with van der Waals surface area (Å²) < 4.78 is 13.6. The first-order valence-electron chi connectivity index (χ1n) is 6.40. The number of hydrogen-bond acceptors (Lipinski definition) is 2. The third-order valence-electron chi connectivity index (χ3n) is 3.64. The van der Waals surface area contributed by atoms with E-state index in [1.165, 1.54) is 6.07 Å². The summed E-state index contributed by atoms with van der Waals surface area (Å²) in [7, 11) is 0. The first-order chi connectivity index (χ1) is 8.59. The van der Waals surface area contributed by atoms with Gasteiger partial charge in [-0.3, -0.25) is 4.79 Å². The highest BCUT2D eigenvalue weighted by Gasteiger charge is 2.31. The largest absolute Gasteiger partial charge is 0.349 e. The van der Waals surface area contributed by atoms with E-state index in [-0.39, 0.29) is 29.7 Å². The number of rotatable bonds is 3. The van der Waals surface area contributed by atoms with Crippen molar-refractivity contribution in [3.05, 3.63) is 35.6 Å². The molecule has 1 aromatic carbocycles. The van der Waals surface area contributed by atoms with Crippen molar-refractivity contribution in [3.8, 4) is 0 Å². The van der Waals surface area contributed by atoms with E-state index in [0.29, 0.717) is 5.56 Å². The van der Waals surface area contributed by atoms with Crippen LogP contribution in [0.5, 0.6) is 0 Å². The molecular weight excluding hydrogens is 231 g/mol. The first-order valence-corrected chi connectivity index (χ1v) is 6.40. The van der Waals surface area contributed by atoms with Crippen molar-refractivity contribution in [2.75, 3.05) is 0 Å². The standard InChI is InChI=1S/C14H19FN2O/c1-9(10-5-2-3-7-12(10)15)17-14(18)11-6-4-8-13(11)16/h2-3,5,7,9,11,13H,4,6,8,16H2,1H3,(H,17,18)/t9-,11?,13?/m1/s1. The minimum absolute atomic E-state index is 0.0576. The fraction of sp³-hybridized carbons (Fsp3) is 0.500. The zero-order chi connectivity index (χ0) is 13.1. The zero-order valence-corrected chi connectivity index (χ0v) is 10.5. The maximum atomic E-state index is 13.6. The van der Waals surface area contributed by atoms with Gasteiger partial charge in [0.2, 0.25) is 5.91 Å². The van der Waals surface area contributed by atoms with Crippen LogP contribution in [0.1, 0.15) is 37.8 Å². The molecule has 0 aromatic heterocycles. The van der Waals surface area contributed by atoms with E-state index >= 15 is 0 Å². The van der Waals surface area contributed by atoms with Gasteiger partial charge >= 0.3 is 0 Å². The van der Waals surface area contributed by atoms with Crippen molar-refractivity contribution < 1.29 is 9.18 Å². The Balaban J connectivity index is 2.01. The van der Waals surface area contributed by atoms with Crippen LogP contribution in [-0.2, 0) is 4.79 Å². The Morgan fingerprint density at radius 1 is 1.44 bits per heavy atom. The highest BCUT2D eigenvalue weighted by Crippen LogP contribution is 2.25. The number of nitrogens with one attached hydrogen (secondary N) is 1. The fourth-order valence-corrected chi connectivity index (χ4v) is 2.54. The summed E-state index contributed by atoms with van der Waals surface area (Å²) in [6, 6.07) is 6.11. The maximum Gasteiger partial charge on any atom is 0.225 e. The summed E-state index contributed by atoms with van der Waals surface area (Å²) in [6.07, 6.45) is 2.72. The Bertz CT molecular complexity index is 436. The van der Waals surface area contributed by atoms with Crippen LogP contribution < -0.4 is 11.1 Å². The molecule has 2 rings (SSSR count). The van der Waals surface area contributed by atoms with Crippen LogP contribution in [0.4, 0.5) is 4.39 Å². The molecule has 0 aliphatic heterocycles. The lowest BCUT2D eigenvalue weighted by Gasteiger charge is -2.20. The van der Waals surface area contributed by atoms with Crippen LogP contribution in [0, 0.1) is 11.7 Å². The Morgan fingerprint density at radius 2 is 2.17 bits per heavy atom. The molecule has 1 aromatic rings. The molecule has 98 valence electrons. The second-order valence-electron chi connectivity index (χ2n) is 4.95. The van der Waals surface area contributed by atoms with Gasteiger partial charge in [-0.05, 0) is 25.8 Å². The van der Waals surface area contributed by atoms with Gasteiger partial charge in [0.25, 0.3) is 0 Å². The molecule has 1 fully saturated rings. The van der Waals surface area contributed by atoms with Gasteiger partial charge in [0.05, 0.1) is 12.0 Å². The molecule has 0 bridgehead atoms. The normalized spacial score (nSPS) is 24.8. The summed E-state index contributed by atoms with van der Waals surface area (Å²) >= 11 is 0. The van der Waals surface area contributed by atoms with Crippen molar-refractivity contribution in [1.29, 1.82) is 0 Å². The third-order valence-corrected chi connectivity index (χ3v) is 3.64. The first kappa shape index (κ1) is 13.0. The van der Waals surface area contributed by atoms with Gasteiger partial charge in [-0.15, -0.1) is 0 Å². The van der Waals surface area contributed by atoms with Gasteiger partial charge in [0, 0.05) is 11.6 Å². The highest BCUT2D eigenvalue weighted by atomic mass is 19.1. The van der Waals surface area contributed by atoms with Gasteiger partial charge in [-0.2, -0.15) is 0 Å². The molecular formula is C14H19FN2O. The average Bonchev–Trinajstić information content (AvgIpc) is 2.76. The summed E-state index contributed by atoms with van der Waals surface area (Å²) in [5.74, 6) is -0.476. The van der Waals surface area contributed by atoms with Gasteiger partial charge in [-0.1, -0.05) is 24.6 Å². The lowest BCUT2D eigenvalue weighted by atomic mass is 10.0. The number of nitrogens with two attached hydrogens (primary N) is 1. The Hall–Kier alpha value is -1.42. The quantitative estimate of drug-likeness (QED) is 0.863. The Morgan fingerprint density at radius 3 is 2.78 bits per heavy atom. The van der Waals surface area contributed by atoms with Crippen LogP contribution in [-0.4, -0.2) is 11.9 Å². The molecule has 1 amide bonds. The molecule has 0 saturated heterocycles. The Kier molecular flexibility index (Phi) is 3.97. The summed E-state index contributed by atoms with van der Waals surface area (Å²) in [4.78, 5) is 12.0. The second-order valence-corrected chi connectivity index (χ2v) is 4.95. The fourth-order valence-electron chi connectivity index (χ4n) is 2.54. The van der Waals surface area contributed by atoms with Crippen molar-refractivity contribution in [3.63, 3.8) is 0 Å².